The van der Waals surface area contributed by atoms with E-state index in [2.05, 4.69) is 23.9 Å². The van der Waals surface area contributed by atoms with Gasteiger partial charge >= 0.3 is 0 Å². The minimum atomic E-state index is 0.0519. The molecule has 0 atom stereocenters. The van der Waals surface area contributed by atoms with E-state index in [-0.39, 0.29) is 5.75 Å². The zero-order chi connectivity index (χ0) is 17.0. The molecule has 0 aliphatic heterocycles. The molecule has 4 nitrogen and oxygen atoms in total. The van der Waals surface area contributed by atoms with Gasteiger partial charge in [-0.05, 0) is 19.1 Å². The Labute approximate surface area is 134 Å². The van der Waals surface area contributed by atoms with E-state index in [1.807, 2.05) is 55.3 Å². The monoisotopic (exact) mass is 302 g/mol. The third-order valence-electron chi connectivity index (χ3n) is 2.47. The lowest BCUT2D eigenvalue weighted by molar-refractivity contribution is -0.800. The second-order valence-corrected chi connectivity index (χ2v) is 6.77. The summed E-state index contributed by atoms with van der Waals surface area (Å²) in [5.41, 5.74) is 1.22. The third-order valence-corrected chi connectivity index (χ3v) is 2.47. The number of hydrogen-bond acceptors (Lipinski definition) is 2. The summed E-state index contributed by atoms with van der Waals surface area (Å²) in [6.07, 6.45) is 0. The lowest BCUT2D eigenvalue weighted by Crippen LogP contribution is -2.27. The average Bonchev–Trinajstić information content (AvgIpc) is 2.36. The smallest absolute Gasteiger partial charge is 0.178 e. The highest BCUT2D eigenvalue weighted by Gasteiger charge is 2.13. The lowest BCUT2D eigenvalue weighted by Gasteiger charge is -2.14. The van der Waals surface area contributed by atoms with Crippen molar-refractivity contribution in [3.63, 3.8) is 0 Å². The maximum Gasteiger partial charge on any atom is 0.178 e. The maximum absolute atomic E-state index is 10.4. The maximum atomic E-state index is 10.4. The Morgan fingerprint density at radius 2 is 1.36 bits per heavy atom. The topological polar surface area (TPSA) is 29.5 Å². The van der Waals surface area contributed by atoms with E-state index < -0.39 is 0 Å². The van der Waals surface area contributed by atoms with Crippen LogP contribution >= 0.6 is 0 Å². The number of benzene rings is 1. The molecule has 0 unspecified atom stereocenters. The minimum Gasteiger partial charge on any atom is -0.503 e. The summed E-state index contributed by atoms with van der Waals surface area (Å²) in [7, 11) is 11.8. The number of rotatable bonds is 2. The van der Waals surface area contributed by atoms with Crippen LogP contribution in [-0.2, 0) is 0 Å². The molecule has 0 aromatic heterocycles. The van der Waals surface area contributed by atoms with Gasteiger partial charge in [-0.2, -0.15) is 0 Å². The number of nitrogens with zero attached hydrogens (tertiary/aromatic N) is 2. The van der Waals surface area contributed by atoms with Gasteiger partial charge in [-0.1, -0.05) is 0 Å². The van der Waals surface area contributed by atoms with Crippen LogP contribution in [-0.4, -0.2) is 63.0 Å². The fraction of sp³-hybridized carbons (Fsp3) is 0.444. The van der Waals surface area contributed by atoms with Crippen LogP contribution in [0.3, 0.4) is 0 Å². The number of hydrogen-bond donors (Lipinski definition) is 1. The van der Waals surface area contributed by atoms with Crippen LogP contribution in [0.5, 0.6) is 11.5 Å². The molecule has 0 fully saturated rings. The van der Waals surface area contributed by atoms with Gasteiger partial charge in [-0.15, -0.1) is 0 Å². The van der Waals surface area contributed by atoms with Gasteiger partial charge in [-0.3, -0.25) is 8.97 Å². The molecule has 0 spiro atoms. The summed E-state index contributed by atoms with van der Waals surface area (Å²) < 4.78 is 6.58. The lowest BCUT2D eigenvalue weighted by atomic mass is 10.1. The second kappa shape index (κ2) is 6.75. The molecule has 0 radical (unpaired) electrons. The first kappa shape index (κ1) is 17.9. The van der Waals surface area contributed by atoms with E-state index >= 15 is 0 Å². The molecule has 0 heterocycles. The van der Waals surface area contributed by atoms with Crippen molar-refractivity contribution < 1.29 is 18.8 Å². The van der Waals surface area contributed by atoms with E-state index in [1.165, 1.54) is 0 Å². The fourth-order valence-corrected chi connectivity index (χ4v) is 1.52. The van der Waals surface area contributed by atoms with Crippen molar-refractivity contribution in [1.82, 2.24) is 0 Å². The summed E-state index contributed by atoms with van der Waals surface area (Å²) in [4.78, 5) is 0. The molecule has 1 aromatic carbocycles. The Balaban J connectivity index is 3.36. The van der Waals surface area contributed by atoms with Gasteiger partial charge < -0.3 is 9.84 Å². The summed E-state index contributed by atoms with van der Waals surface area (Å²) >= 11 is 0. The molecular weight excluding hydrogens is 276 g/mol. The molecule has 0 saturated carbocycles. The summed E-state index contributed by atoms with van der Waals surface area (Å²) in [5.74, 6) is 6.51. The molecular formula is C18H26N2O2+2. The van der Waals surface area contributed by atoms with Gasteiger partial charge in [0.2, 0.25) is 0 Å². The van der Waals surface area contributed by atoms with Gasteiger partial charge in [0.05, 0.1) is 60.0 Å². The zero-order valence-corrected chi connectivity index (χ0v) is 14.6. The van der Waals surface area contributed by atoms with Crippen molar-refractivity contribution in [2.45, 2.75) is 6.92 Å². The Morgan fingerprint density at radius 1 is 0.909 bits per heavy atom. The van der Waals surface area contributed by atoms with Crippen LogP contribution in [0.2, 0.25) is 0 Å². The molecule has 0 bridgehead atoms. The molecule has 1 aromatic rings. The Bertz CT molecular complexity index is 657. The Morgan fingerprint density at radius 3 is 1.82 bits per heavy atom. The van der Waals surface area contributed by atoms with Gasteiger partial charge in [0.15, 0.2) is 11.5 Å². The fourth-order valence-electron chi connectivity index (χ4n) is 1.52. The SMILES string of the molecule is CCOc1c(C#C[N+](C)(C)C)ccc(C#C[N+](C)(C)C)c1O. The molecule has 1 rings (SSSR count). The average molecular weight is 302 g/mol. The summed E-state index contributed by atoms with van der Waals surface area (Å²) in [6, 6.07) is 9.77. The number of aromatic hydroxyl groups is 1. The zero-order valence-electron chi connectivity index (χ0n) is 14.6. The molecule has 0 amide bonds. The van der Waals surface area contributed by atoms with E-state index in [0.29, 0.717) is 32.4 Å². The highest BCUT2D eigenvalue weighted by molar-refractivity contribution is 5.61. The molecule has 22 heavy (non-hydrogen) atoms. The van der Waals surface area contributed by atoms with Crippen LogP contribution in [0.1, 0.15) is 18.1 Å². The van der Waals surface area contributed by atoms with Gasteiger partial charge in [0, 0.05) is 11.8 Å². The van der Waals surface area contributed by atoms with Crippen molar-refractivity contribution in [2.24, 2.45) is 0 Å². The van der Waals surface area contributed by atoms with E-state index in [9.17, 15) is 5.11 Å². The van der Waals surface area contributed by atoms with Crippen molar-refractivity contribution in [2.75, 3.05) is 48.9 Å². The predicted octanol–water partition coefficient (Wildman–Crippen LogP) is 1.82. The van der Waals surface area contributed by atoms with E-state index in [0.717, 1.165) is 0 Å². The number of ether oxygens (including phenoxy) is 1. The molecule has 0 aliphatic rings. The Kier molecular flexibility index (Phi) is 5.49. The van der Waals surface area contributed by atoms with E-state index in [1.54, 1.807) is 6.07 Å². The van der Waals surface area contributed by atoms with Gasteiger partial charge in [-0.25, -0.2) is 0 Å². The van der Waals surface area contributed by atoms with Crippen molar-refractivity contribution in [3.8, 4) is 35.4 Å². The molecule has 4 heteroatoms. The normalized spacial score (nSPS) is 11.0. The first-order valence-electron chi connectivity index (χ1n) is 7.21. The first-order valence-corrected chi connectivity index (χ1v) is 7.21. The summed E-state index contributed by atoms with van der Waals surface area (Å²) in [6.45, 7) is 2.33. The quantitative estimate of drug-likeness (QED) is 0.667. The number of phenols is 1. The Hall–Kier alpha value is -2.14. The van der Waals surface area contributed by atoms with Gasteiger partial charge in [0.25, 0.3) is 0 Å². The highest BCUT2D eigenvalue weighted by Crippen LogP contribution is 2.33. The molecule has 0 saturated heterocycles. The van der Waals surface area contributed by atoms with Crippen molar-refractivity contribution >= 4 is 0 Å². The van der Waals surface area contributed by atoms with Crippen LogP contribution in [0.15, 0.2) is 12.1 Å². The van der Waals surface area contributed by atoms with Crippen molar-refractivity contribution in [1.29, 1.82) is 0 Å². The van der Waals surface area contributed by atoms with Gasteiger partial charge in [0.1, 0.15) is 12.1 Å². The van der Waals surface area contributed by atoms with Crippen LogP contribution in [0.4, 0.5) is 0 Å². The molecule has 0 aliphatic carbocycles. The third kappa shape index (κ3) is 5.69. The summed E-state index contributed by atoms with van der Waals surface area (Å²) in [5, 5.41) is 10.4. The standard InChI is InChI=1S/C18H25N2O2/c1-8-22-18-16(12-14-20(5,6)7)10-9-15(17(18)21)11-13-19(2,3)4/h9-10H,8H2,1-7H3/q+1/p+1. The van der Waals surface area contributed by atoms with Crippen LogP contribution in [0, 0.1) is 23.9 Å². The second-order valence-electron chi connectivity index (χ2n) is 6.77. The predicted molar refractivity (Wildman–Crippen MR) is 89.1 cm³/mol. The van der Waals surface area contributed by atoms with Crippen molar-refractivity contribution in [3.05, 3.63) is 23.3 Å². The molecule has 118 valence electrons. The largest absolute Gasteiger partial charge is 0.503 e. The number of phenolic OH excluding ortho intramolecular Hbond substituents is 1. The first-order chi connectivity index (χ1) is 10.0. The number of quaternary nitrogens is 2. The van der Waals surface area contributed by atoms with Crippen LogP contribution in [0.25, 0.3) is 0 Å². The minimum absolute atomic E-state index is 0.0519. The highest BCUT2D eigenvalue weighted by atomic mass is 16.5. The van der Waals surface area contributed by atoms with Crippen LogP contribution < -0.4 is 4.74 Å². The molecule has 1 N–H and O–H groups in total. The van der Waals surface area contributed by atoms with E-state index in [4.69, 9.17) is 4.74 Å².